The molecule has 3 aromatic rings. The van der Waals surface area contributed by atoms with Crippen LogP contribution in [0.3, 0.4) is 0 Å². The highest BCUT2D eigenvalue weighted by atomic mass is 32.1. The van der Waals surface area contributed by atoms with E-state index in [1.807, 2.05) is 5.38 Å². The molecule has 0 radical (unpaired) electrons. The molecule has 1 fully saturated rings. The van der Waals surface area contributed by atoms with Gasteiger partial charge in [-0.05, 0) is 49.1 Å². The molecule has 1 atom stereocenters. The summed E-state index contributed by atoms with van der Waals surface area (Å²) in [6, 6.07) is 5.49. The molecule has 1 unspecified atom stereocenters. The standard InChI is InChI=1S/C24H24F4N4O3S/c1-14-8-20(24(26,27)28)30-32(14)10-21(33)31-6-4-15(5-7-31)22-29-19(13-36-22)23-34-11-16-2-3-18(25)9-17(16)12-35-23/h2-3,8-9,13,15,23H,4-7,10-12H2,1H3. The van der Waals surface area contributed by atoms with Crippen LogP contribution in [0.4, 0.5) is 17.6 Å². The Bertz CT molecular complexity index is 1250. The summed E-state index contributed by atoms with van der Waals surface area (Å²) in [5, 5.41) is 6.36. The minimum Gasteiger partial charge on any atom is -0.342 e. The minimum absolute atomic E-state index is 0.160. The van der Waals surface area contributed by atoms with Gasteiger partial charge >= 0.3 is 6.18 Å². The predicted molar refractivity (Wildman–Crippen MR) is 121 cm³/mol. The average Bonchev–Trinajstić information content (AvgIpc) is 3.42. The van der Waals surface area contributed by atoms with Gasteiger partial charge in [-0.25, -0.2) is 9.37 Å². The van der Waals surface area contributed by atoms with Gasteiger partial charge in [0, 0.05) is 30.1 Å². The van der Waals surface area contributed by atoms with Crippen molar-refractivity contribution in [3.63, 3.8) is 0 Å². The van der Waals surface area contributed by atoms with Gasteiger partial charge < -0.3 is 14.4 Å². The summed E-state index contributed by atoms with van der Waals surface area (Å²) in [6.45, 7) is 2.78. The number of benzene rings is 1. The van der Waals surface area contributed by atoms with Crippen molar-refractivity contribution in [1.29, 1.82) is 0 Å². The van der Waals surface area contributed by atoms with E-state index in [2.05, 4.69) is 5.10 Å². The number of aryl methyl sites for hydroxylation is 1. The highest BCUT2D eigenvalue weighted by Gasteiger charge is 2.35. The average molecular weight is 525 g/mol. The summed E-state index contributed by atoms with van der Waals surface area (Å²) in [7, 11) is 0. The van der Waals surface area contributed by atoms with Crippen molar-refractivity contribution in [2.45, 2.75) is 57.9 Å². The topological polar surface area (TPSA) is 69.5 Å². The summed E-state index contributed by atoms with van der Waals surface area (Å²) >= 11 is 1.51. The van der Waals surface area contributed by atoms with E-state index in [9.17, 15) is 22.4 Å². The Hall–Kier alpha value is -2.83. The zero-order valence-electron chi connectivity index (χ0n) is 19.4. The van der Waals surface area contributed by atoms with Crippen LogP contribution in [0, 0.1) is 12.7 Å². The predicted octanol–water partition coefficient (Wildman–Crippen LogP) is 4.96. The second-order valence-electron chi connectivity index (χ2n) is 8.96. The number of aromatic nitrogens is 3. The molecule has 0 N–H and O–H groups in total. The molecule has 0 saturated carbocycles. The van der Waals surface area contributed by atoms with E-state index in [0.717, 1.165) is 26.9 Å². The summed E-state index contributed by atoms with van der Waals surface area (Å²) < 4.78 is 65.0. The molecule has 1 saturated heterocycles. The molecule has 1 aromatic carbocycles. The largest absolute Gasteiger partial charge is 0.435 e. The second-order valence-corrected chi connectivity index (χ2v) is 9.85. The van der Waals surface area contributed by atoms with Gasteiger partial charge in [0.2, 0.25) is 12.2 Å². The number of thiazole rings is 1. The number of likely N-dealkylation sites (tertiary alicyclic amines) is 1. The molecule has 7 nitrogen and oxygen atoms in total. The van der Waals surface area contributed by atoms with Crippen LogP contribution < -0.4 is 0 Å². The van der Waals surface area contributed by atoms with E-state index in [1.54, 1.807) is 11.0 Å². The van der Waals surface area contributed by atoms with E-state index in [0.29, 0.717) is 38.2 Å². The van der Waals surface area contributed by atoms with Crippen molar-refractivity contribution in [1.82, 2.24) is 19.7 Å². The van der Waals surface area contributed by atoms with Crippen LogP contribution in [0.2, 0.25) is 0 Å². The number of alkyl halides is 3. The SMILES string of the molecule is Cc1cc(C(F)(F)F)nn1CC(=O)N1CCC(c2nc(C3OCc4ccc(F)cc4CO3)cs2)CC1. The maximum absolute atomic E-state index is 13.5. The molecule has 12 heteroatoms. The van der Waals surface area contributed by atoms with Crippen LogP contribution in [0.1, 0.15) is 58.3 Å². The molecule has 2 aliphatic heterocycles. The third-order valence-corrected chi connectivity index (χ3v) is 7.51. The fraction of sp³-hybridized carbons (Fsp3) is 0.458. The first-order valence-electron chi connectivity index (χ1n) is 11.5. The van der Waals surface area contributed by atoms with Gasteiger partial charge in [-0.15, -0.1) is 11.3 Å². The van der Waals surface area contributed by atoms with Gasteiger partial charge in [-0.2, -0.15) is 18.3 Å². The van der Waals surface area contributed by atoms with Crippen LogP contribution in [0.5, 0.6) is 0 Å². The van der Waals surface area contributed by atoms with Crippen molar-refractivity contribution in [3.8, 4) is 0 Å². The molecule has 192 valence electrons. The van der Waals surface area contributed by atoms with Crippen molar-refractivity contribution in [2.75, 3.05) is 13.1 Å². The molecular formula is C24H24F4N4O3S. The highest BCUT2D eigenvalue weighted by Crippen LogP contribution is 2.34. The zero-order chi connectivity index (χ0) is 25.4. The van der Waals surface area contributed by atoms with E-state index in [4.69, 9.17) is 14.5 Å². The van der Waals surface area contributed by atoms with Crippen LogP contribution in [0.15, 0.2) is 29.6 Å². The second kappa shape index (κ2) is 9.91. The Labute approximate surface area is 208 Å². The number of nitrogens with zero attached hydrogens (tertiary/aromatic N) is 4. The lowest BCUT2D eigenvalue weighted by Crippen LogP contribution is -2.40. The van der Waals surface area contributed by atoms with Crippen molar-refractivity contribution < 1.29 is 31.8 Å². The highest BCUT2D eigenvalue weighted by molar-refractivity contribution is 7.09. The molecule has 36 heavy (non-hydrogen) atoms. The quantitative estimate of drug-likeness (QED) is 0.452. The van der Waals surface area contributed by atoms with E-state index in [-0.39, 0.29) is 36.5 Å². The molecule has 4 heterocycles. The number of halogens is 4. The monoisotopic (exact) mass is 524 g/mol. The molecule has 1 amide bonds. The first kappa shape index (κ1) is 24.8. The van der Waals surface area contributed by atoms with Crippen molar-refractivity contribution in [2.24, 2.45) is 0 Å². The van der Waals surface area contributed by atoms with Crippen LogP contribution in [-0.2, 0) is 40.2 Å². The molecule has 2 aliphatic rings. The fourth-order valence-corrected chi connectivity index (χ4v) is 5.42. The molecular weight excluding hydrogens is 500 g/mol. The summed E-state index contributed by atoms with van der Waals surface area (Å²) in [4.78, 5) is 19.1. The smallest absolute Gasteiger partial charge is 0.342 e. The number of ether oxygens (including phenoxy) is 2. The van der Waals surface area contributed by atoms with Crippen molar-refractivity contribution >= 4 is 17.2 Å². The lowest BCUT2D eigenvalue weighted by molar-refractivity contribution is -0.155. The number of amides is 1. The summed E-state index contributed by atoms with van der Waals surface area (Å²) in [5.74, 6) is -0.417. The normalized spacial score (nSPS) is 19.2. The zero-order valence-corrected chi connectivity index (χ0v) is 20.2. The van der Waals surface area contributed by atoms with Crippen molar-refractivity contribution in [3.05, 3.63) is 68.7 Å². The van der Waals surface area contributed by atoms with E-state index < -0.39 is 18.2 Å². The van der Waals surface area contributed by atoms with Gasteiger partial charge in [0.1, 0.15) is 18.1 Å². The first-order chi connectivity index (χ1) is 17.2. The third-order valence-electron chi connectivity index (χ3n) is 6.48. The number of rotatable bonds is 4. The number of piperidine rings is 1. The summed E-state index contributed by atoms with van der Waals surface area (Å²) in [5.41, 5.74) is 1.59. The first-order valence-corrected chi connectivity index (χ1v) is 12.4. The Morgan fingerprint density at radius 2 is 1.86 bits per heavy atom. The Balaban J connectivity index is 1.16. The number of carbonyl (C=O) groups is 1. The lowest BCUT2D eigenvalue weighted by atomic mass is 9.97. The van der Waals surface area contributed by atoms with Gasteiger partial charge in [0.05, 0.1) is 18.2 Å². The number of carbonyl (C=O) groups excluding carboxylic acids is 1. The van der Waals surface area contributed by atoms with E-state index in [1.165, 1.54) is 30.4 Å². The number of hydrogen-bond donors (Lipinski definition) is 0. The van der Waals surface area contributed by atoms with Gasteiger partial charge in [0.25, 0.3) is 0 Å². The summed E-state index contributed by atoms with van der Waals surface area (Å²) in [6.07, 6.45) is -3.80. The fourth-order valence-electron chi connectivity index (χ4n) is 4.43. The maximum atomic E-state index is 13.5. The Morgan fingerprint density at radius 1 is 1.14 bits per heavy atom. The van der Waals surface area contributed by atoms with E-state index >= 15 is 0 Å². The molecule has 2 aromatic heterocycles. The lowest BCUT2D eigenvalue weighted by Gasteiger charge is -2.31. The molecule has 0 aliphatic carbocycles. The Morgan fingerprint density at radius 3 is 2.56 bits per heavy atom. The molecule has 0 bridgehead atoms. The van der Waals surface area contributed by atoms with Gasteiger partial charge in [-0.1, -0.05) is 6.07 Å². The number of hydrogen-bond acceptors (Lipinski definition) is 6. The Kier molecular flexibility index (Phi) is 6.84. The van der Waals surface area contributed by atoms with Crippen LogP contribution in [-0.4, -0.2) is 38.7 Å². The van der Waals surface area contributed by atoms with Crippen LogP contribution in [0.25, 0.3) is 0 Å². The van der Waals surface area contributed by atoms with Crippen LogP contribution >= 0.6 is 11.3 Å². The number of fused-ring (bicyclic) bond motifs is 1. The van der Waals surface area contributed by atoms with Gasteiger partial charge in [0.15, 0.2) is 5.69 Å². The maximum Gasteiger partial charge on any atom is 0.435 e. The molecule has 5 rings (SSSR count). The van der Waals surface area contributed by atoms with Gasteiger partial charge in [-0.3, -0.25) is 9.48 Å². The third kappa shape index (κ3) is 5.30. The minimum atomic E-state index is -4.54. The molecule has 0 spiro atoms.